The lowest BCUT2D eigenvalue weighted by Gasteiger charge is -2.17. The van der Waals surface area contributed by atoms with Crippen molar-refractivity contribution in [3.8, 4) is 5.75 Å². The molecule has 162 valence electrons. The minimum Gasteiger partial charge on any atom is -0.478 e. The smallest absolute Gasteiger partial charge is 0.341 e. The van der Waals surface area contributed by atoms with Crippen LogP contribution in [0.25, 0.3) is 10.1 Å². The Labute approximate surface area is 191 Å². The number of hydrogen-bond donors (Lipinski definition) is 2. The van der Waals surface area contributed by atoms with Crippen molar-refractivity contribution in [2.45, 2.75) is 26.9 Å². The molecule has 0 saturated carbocycles. The van der Waals surface area contributed by atoms with Crippen LogP contribution in [0.2, 0.25) is 0 Å². The Balaban J connectivity index is 1.97. The number of anilines is 2. The molecular formula is C22H21BrN2O5S. The number of amides is 2. The Morgan fingerprint density at radius 3 is 2.45 bits per heavy atom. The van der Waals surface area contributed by atoms with Crippen molar-refractivity contribution in [2.75, 3.05) is 17.7 Å². The van der Waals surface area contributed by atoms with Crippen molar-refractivity contribution in [3.63, 3.8) is 0 Å². The van der Waals surface area contributed by atoms with Gasteiger partial charge in [0.2, 0.25) is 5.91 Å². The van der Waals surface area contributed by atoms with Crippen molar-refractivity contribution in [3.05, 3.63) is 52.0 Å². The Morgan fingerprint density at radius 1 is 1.10 bits per heavy atom. The first-order valence-electron chi connectivity index (χ1n) is 9.37. The molecular weight excluding hydrogens is 484 g/mol. The van der Waals surface area contributed by atoms with Crippen molar-refractivity contribution in [1.29, 1.82) is 0 Å². The highest BCUT2D eigenvalue weighted by atomic mass is 79.9. The zero-order valence-corrected chi connectivity index (χ0v) is 19.8. The average molecular weight is 505 g/mol. The maximum absolute atomic E-state index is 12.7. The Hall–Kier alpha value is -2.91. The molecule has 1 atom stereocenters. The van der Waals surface area contributed by atoms with Gasteiger partial charge in [0.25, 0.3) is 5.91 Å². The van der Waals surface area contributed by atoms with Crippen LogP contribution in [0.3, 0.4) is 0 Å². The highest BCUT2D eigenvalue weighted by Crippen LogP contribution is 2.45. The number of halogens is 1. The number of rotatable bonds is 6. The van der Waals surface area contributed by atoms with Gasteiger partial charge in [-0.2, -0.15) is 0 Å². The van der Waals surface area contributed by atoms with Gasteiger partial charge in [0.1, 0.15) is 10.6 Å². The molecule has 0 aliphatic carbocycles. The third-order valence-corrected chi connectivity index (χ3v) is 6.25. The van der Waals surface area contributed by atoms with Gasteiger partial charge in [0, 0.05) is 18.0 Å². The largest absolute Gasteiger partial charge is 0.478 e. The second-order valence-corrected chi connectivity index (χ2v) is 8.67. The van der Waals surface area contributed by atoms with Crippen molar-refractivity contribution < 1.29 is 23.9 Å². The molecule has 0 spiro atoms. The fourth-order valence-electron chi connectivity index (χ4n) is 2.95. The van der Waals surface area contributed by atoms with Gasteiger partial charge in [0.05, 0.1) is 16.3 Å². The lowest BCUT2D eigenvalue weighted by Crippen LogP contribution is -2.30. The zero-order valence-electron chi connectivity index (χ0n) is 17.4. The lowest BCUT2D eigenvalue weighted by atomic mass is 10.1. The van der Waals surface area contributed by atoms with E-state index in [0.29, 0.717) is 31.0 Å². The summed E-state index contributed by atoms with van der Waals surface area (Å²) in [5, 5.41) is 6.45. The van der Waals surface area contributed by atoms with Crippen LogP contribution in [0.15, 0.2) is 40.9 Å². The zero-order chi connectivity index (χ0) is 22.7. The second-order valence-electron chi connectivity index (χ2n) is 6.80. The minimum absolute atomic E-state index is 0.243. The number of benzene rings is 2. The van der Waals surface area contributed by atoms with E-state index < -0.39 is 12.1 Å². The Morgan fingerprint density at radius 2 is 1.81 bits per heavy atom. The summed E-state index contributed by atoms with van der Waals surface area (Å²) in [6, 6.07) is 10.9. The molecule has 9 heteroatoms. The van der Waals surface area contributed by atoms with E-state index in [1.807, 2.05) is 31.2 Å². The van der Waals surface area contributed by atoms with Crippen molar-refractivity contribution in [1.82, 2.24) is 0 Å². The van der Waals surface area contributed by atoms with Gasteiger partial charge in [0.15, 0.2) is 11.9 Å². The van der Waals surface area contributed by atoms with Gasteiger partial charge in [-0.05, 0) is 47.5 Å². The van der Waals surface area contributed by atoms with Gasteiger partial charge in [-0.25, -0.2) is 4.79 Å². The number of aryl methyl sites for hydroxylation is 1. The van der Waals surface area contributed by atoms with Crippen LogP contribution in [0.4, 0.5) is 10.7 Å². The maximum atomic E-state index is 12.7. The standard InChI is InChI=1S/C22H21BrN2O5S/c1-11-7-5-6-8-16(11)25-20(27)12(2)30-18-15(23)10-9-14-17(22(28)29-4)21(24-13(3)26)31-19(14)18/h5-10,12H,1-4H3,(H,24,26)(H,25,27)/t12-/m0/s1. The molecule has 1 aromatic heterocycles. The Bertz CT molecular complexity index is 1170. The first kappa shape index (κ1) is 22.8. The third-order valence-electron chi connectivity index (χ3n) is 4.51. The van der Waals surface area contributed by atoms with Crippen LogP contribution >= 0.6 is 27.3 Å². The predicted octanol–water partition coefficient (Wildman–Crippen LogP) is 5.12. The number of ether oxygens (including phenoxy) is 2. The maximum Gasteiger partial charge on any atom is 0.341 e. The summed E-state index contributed by atoms with van der Waals surface area (Å²) in [4.78, 5) is 36.7. The number of methoxy groups -OCH3 is 1. The number of para-hydroxylation sites is 1. The summed E-state index contributed by atoms with van der Waals surface area (Å²) in [7, 11) is 1.28. The molecule has 2 amide bonds. The minimum atomic E-state index is -0.825. The van der Waals surface area contributed by atoms with E-state index in [2.05, 4.69) is 26.6 Å². The fraction of sp³-hybridized carbons (Fsp3) is 0.227. The van der Waals surface area contributed by atoms with E-state index in [0.717, 1.165) is 5.56 Å². The van der Waals surface area contributed by atoms with Crippen LogP contribution in [0.5, 0.6) is 5.75 Å². The number of esters is 1. The van der Waals surface area contributed by atoms with Gasteiger partial charge >= 0.3 is 5.97 Å². The predicted molar refractivity (Wildman–Crippen MR) is 125 cm³/mol. The van der Waals surface area contributed by atoms with Gasteiger partial charge in [-0.1, -0.05) is 24.3 Å². The van der Waals surface area contributed by atoms with Crippen LogP contribution in [-0.4, -0.2) is 31.0 Å². The number of hydrogen-bond acceptors (Lipinski definition) is 6. The summed E-state index contributed by atoms with van der Waals surface area (Å²) >= 11 is 4.64. The van der Waals surface area contributed by atoms with Crippen LogP contribution in [0, 0.1) is 6.92 Å². The molecule has 0 radical (unpaired) electrons. The van der Waals surface area contributed by atoms with E-state index >= 15 is 0 Å². The first-order valence-corrected chi connectivity index (χ1v) is 11.0. The number of carbonyl (C=O) groups is 3. The van der Waals surface area contributed by atoms with Crippen LogP contribution in [0.1, 0.15) is 29.8 Å². The molecule has 0 bridgehead atoms. The van der Waals surface area contributed by atoms with E-state index in [-0.39, 0.29) is 17.4 Å². The molecule has 1 heterocycles. The van der Waals surface area contributed by atoms with E-state index in [9.17, 15) is 14.4 Å². The van der Waals surface area contributed by atoms with Crippen LogP contribution in [-0.2, 0) is 14.3 Å². The van der Waals surface area contributed by atoms with Gasteiger partial charge in [-0.15, -0.1) is 11.3 Å². The fourth-order valence-corrected chi connectivity index (χ4v) is 4.73. The summed E-state index contributed by atoms with van der Waals surface area (Å²) in [6.45, 7) is 4.90. The molecule has 0 saturated heterocycles. The van der Waals surface area contributed by atoms with E-state index in [1.54, 1.807) is 19.1 Å². The molecule has 3 aromatic rings. The monoisotopic (exact) mass is 504 g/mol. The SMILES string of the molecule is COC(=O)c1c(NC(C)=O)sc2c(O[C@@H](C)C(=O)Nc3ccccc3C)c(Br)ccc12. The van der Waals surface area contributed by atoms with Gasteiger partial charge in [-0.3, -0.25) is 9.59 Å². The number of thiophene rings is 1. The highest BCUT2D eigenvalue weighted by Gasteiger charge is 2.25. The number of fused-ring (bicyclic) bond motifs is 1. The molecule has 0 unspecified atom stereocenters. The molecule has 3 rings (SSSR count). The van der Waals surface area contributed by atoms with Gasteiger partial charge < -0.3 is 20.1 Å². The van der Waals surface area contributed by atoms with Crippen molar-refractivity contribution >= 4 is 65.8 Å². The molecule has 2 aromatic carbocycles. The molecule has 31 heavy (non-hydrogen) atoms. The summed E-state index contributed by atoms with van der Waals surface area (Å²) in [5.41, 5.74) is 1.89. The summed E-state index contributed by atoms with van der Waals surface area (Å²) in [5.74, 6) is -0.806. The molecule has 7 nitrogen and oxygen atoms in total. The molecule has 2 N–H and O–H groups in total. The topological polar surface area (TPSA) is 93.7 Å². The van der Waals surface area contributed by atoms with E-state index in [1.165, 1.54) is 25.4 Å². The average Bonchev–Trinajstić information content (AvgIpc) is 3.08. The second kappa shape index (κ2) is 9.49. The van der Waals surface area contributed by atoms with Crippen LogP contribution < -0.4 is 15.4 Å². The third kappa shape index (κ3) is 4.88. The van der Waals surface area contributed by atoms with Crippen molar-refractivity contribution in [2.24, 2.45) is 0 Å². The Kier molecular flexibility index (Phi) is 6.97. The number of carbonyl (C=O) groups excluding carboxylic acids is 3. The lowest BCUT2D eigenvalue weighted by molar-refractivity contribution is -0.122. The van der Waals surface area contributed by atoms with E-state index in [4.69, 9.17) is 9.47 Å². The first-order chi connectivity index (χ1) is 14.7. The normalized spacial score (nSPS) is 11.6. The molecule has 0 fully saturated rings. The molecule has 0 aliphatic rings. The molecule has 0 aliphatic heterocycles. The number of nitrogens with one attached hydrogen (secondary N) is 2. The summed E-state index contributed by atoms with van der Waals surface area (Å²) < 4.78 is 12.1. The summed E-state index contributed by atoms with van der Waals surface area (Å²) in [6.07, 6.45) is -0.825. The highest BCUT2D eigenvalue weighted by molar-refractivity contribution is 9.10. The quantitative estimate of drug-likeness (QED) is 0.454.